The largest absolute Gasteiger partial charge is 0.481 e. The van der Waals surface area contributed by atoms with Gasteiger partial charge < -0.3 is 5.11 Å². The summed E-state index contributed by atoms with van der Waals surface area (Å²) >= 11 is 0. The van der Waals surface area contributed by atoms with Gasteiger partial charge in [-0.2, -0.15) is 0 Å². The van der Waals surface area contributed by atoms with Crippen LogP contribution in [0.1, 0.15) is 39.5 Å². The minimum absolute atomic E-state index is 0.174. The van der Waals surface area contributed by atoms with Crippen molar-refractivity contribution in [3.05, 3.63) is 0 Å². The fraction of sp³-hybridized carbons (Fsp3) is 0.909. The van der Waals surface area contributed by atoms with Crippen LogP contribution in [-0.4, -0.2) is 42.6 Å². The van der Waals surface area contributed by atoms with Gasteiger partial charge in [-0.15, -0.1) is 0 Å². The van der Waals surface area contributed by atoms with Crippen molar-refractivity contribution in [3.8, 4) is 0 Å². The molecular weight excluding hydrogens is 242 g/mol. The third-order valence-electron chi connectivity index (χ3n) is 3.49. The molecule has 0 aromatic carbocycles. The molecule has 1 rings (SSSR count). The van der Waals surface area contributed by atoms with Crippen molar-refractivity contribution in [2.75, 3.05) is 18.8 Å². The first-order valence-corrected chi connectivity index (χ1v) is 7.64. The Bertz CT molecular complexity index is 369. The predicted molar refractivity (Wildman–Crippen MR) is 65.2 cm³/mol. The van der Waals surface area contributed by atoms with Gasteiger partial charge in [0, 0.05) is 13.1 Å². The molecule has 0 amide bonds. The van der Waals surface area contributed by atoms with Crippen molar-refractivity contribution < 1.29 is 18.3 Å². The first-order valence-electron chi connectivity index (χ1n) is 6.03. The Morgan fingerprint density at radius 3 is 2.29 bits per heavy atom. The molecule has 0 saturated carbocycles. The molecule has 1 fully saturated rings. The zero-order valence-corrected chi connectivity index (χ0v) is 11.3. The number of piperidine rings is 1. The molecule has 1 aliphatic rings. The summed E-state index contributed by atoms with van der Waals surface area (Å²) in [5.74, 6) is -0.657. The smallest absolute Gasteiger partial charge is 0.309 e. The Balaban J connectivity index is 2.60. The van der Waals surface area contributed by atoms with Gasteiger partial charge in [-0.1, -0.05) is 13.3 Å². The molecule has 0 spiro atoms. The van der Waals surface area contributed by atoms with E-state index in [0.717, 1.165) is 6.42 Å². The molecule has 0 unspecified atom stereocenters. The molecule has 17 heavy (non-hydrogen) atoms. The highest BCUT2D eigenvalue weighted by molar-refractivity contribution is 7.89. The predicted octanol–water partition coefficient (Wildman–Crippen LogP) is 1.30. The van der Waals surface area contributed by atoms with E-state index in [-0.39, 0.29) is 5.75 Å². The maximum atomic E-state index is 11.9. The second-order valence-electron chi connectivity index (χ2n) is 4.93. The number of carboxylic acids is 1. The second-order valence-corrected chi connectivity index (χ2v) is 7.02. The summed E-state index contributed by atoms with van der Waals surface area (Å²) in [5, 5.41) is 9.06. The fourth-order valence-electron chi connectivity index (χ4n) is 1.93. The summed E-state index contributed by atoms with van der Waals surface area (Å²) in [4.78, 5) is 11.0. The lowest BCUT2D eigenvalue weighted by atomic mass is 9.81. The van der Waals surface area contributed by atoms with E-state index in [1.54, 1.807) is 6.92 Å². The van der Waals surface area contributed by atoms with E-state index in [9.17, 15) is 13.2 Å². The minimum atomic E-state index is -3.18. The lowest BCUT2D eigenvalue weighted by Gasteiger charge is -2.35. The molecule has 1 saturated heterocycles. The summed E-state index contributed by atoms with van der Waals surface area (Å²) in [6.07, 6.45) is 2.30. The summed E-state index contributed by atoms with van der Waals surface area (Å²) in [6, 6.07) is 0. The third-order valence-corrected chi connectivity index (χ3v) is 5.45. The Morgan fingerprint density at radius 1 is 1.35 bits per heavy atom. The molecule has 0 bridgehead atoms. The van der Waals surface area contributed by atoms with Gasteiger partial charge >= 0.3 is 5.97 Å². The van der Waals surface area contributed by atoms with Gasteiger partial charge in [0.15, 0.2) is 0 Å². The molecular formula is C11H21NO4S. The number of nitrogens with zero attached hydrogens (tertiary/aromatic N) is 1. The van der Waals surface area contributed by atoms with Gasteiger partial charge in [-0.05, 0) is 26.2 Å². The van der Waals surface area contributed by atoms with Crippen LogP contribution in [0.4, 0.5) is 0 Å². The topological polar surface area (TPSA) is 74.7 Å². The van der Waals surface area contributed by atoms with E-state index >= 15 is 0 Å². The maximum Gasteiger partial charge on any atom is 0.309 e. The number of sulfonamides is 1. The van der Waals surface area contributed by atoms with Crippen LogP contribution in [0.3, 0.4) is 0 Å². The van der Waals surface area contributed by atoms with Crippen LogP contribution in [0.15, 0.2) is 0 Å². The molecule has 1 aliphatic heterocycles. The van der Waals surface area contributed by atoms with Crippen molar-refractivity contribution in [1.29, 1.82) is 0 Å². The number of hydrogen-bond acceptors (Lipinski definition) is 3. The molecule has 0 radical (unpaired) electrons. The van der Waals surface area contributed by atoms with Gasteiger partial charge in [0.1, 0.15) is 0 Å². The van der Waals surface area contributed by atoms with E-state index in [1.807, 2.05) is 6.92 Å². The van der Waals surface area contributed by atoms with Crippen LogP contribution >= 0.6 is 0 Å². The summed E-state index contributed by atoms with van der Waals surface area (Å²) in [7, 11) is -3.18. The lowest BCUT2D eigenvalue weighted by molar-refractivity contribution is -0.150. The van der Waals surface area contributed by atoms with Crippen molar-refractivity contribution in [3.63, 3.8) is 0 Å². The van der Waals surface area contributed by atoms with Crippen LogP contribution in [0.2, 0.25) is 0 Å². The minimum Gasteiger partial charge on any atom is -0.481 e. The third kappa shape index (κ3) is 3.42. The number of aliphatic carboxylic acids is 1. The number of carbonyl (C=O) groups is 1. The lowest BCUT2D eigenvalue weighted by Crippen LogP contribution is -2.45. The fourth-order valence-corrected chi connectivity index (χ4v) is 3.58. The van der Waals surface area contributed by atoms with E-state index in [4.69, 9.17) is 5.11 Å². The van der Waals surface area contributed by atoms with E-state index in [1.165, 1.54) is 4.31 Å². The standard InChI is InChI=1S/C11H21NO4S/c1-3-4-9-17(15,16)12-7-5-11(2,6-8-12)10(13)14/h3-9H2,1-2H3,(H,13,14). The van der Waals surface area contributed by atoms with Crippen molar-refractivity contribution in [2.24, 2.45) is 5.41 Å². The van der Waals surface area contributed by atoms with E-state index in [0.29, 0.717) is 32.4 Å². The highest BCUT2D eigenvalue weighted by Gasteiger charge is 2.39. The van der Waals surface area contributed by atoms with Gasteiger partial charge in [0.25, 0.3) is 0 Å². The van der Waals surface area contributed by atoms with Crippen LogP contribution in [0.5, 0.6) is 0 Å². The SMILES string of the molecule is CCCCS(=O)(=O)N1CCC(C)(C(=O)O)CC1. The van der Waals surface area contributed by atoms with Crippen molar-refractivity contribution >= 4 is 16.0 Å². The van der Waals surface area contributed by atoms with E-state index in [2.05, 4.69) is 0 Å². The van der Waals surface area contributed by atoms with Crippen LogP contribution in [-0.2, 0) is 14.8 Å². The Labute approximate surface area is 103 Å². The monoisotopic (exact) mass is 263 g/mol. The van der Waals surface area contributed by atoms with E-state index < -0.39 is 21.4 Å². The quantitative estimate of drug-likeness (QED) is 0.811. The normalized spacial score (nSPS) is 21.3. The van der Waals surface area contributed by atoms with Crippen LogP contribution < -0.4 is 0 Å². The van der Waals surface area contributed by atoms with Gasteiger partial charge in [-0.25, -0.2) is 12.7 Å². The Kier molecular flexibility index (Phi) is 4.55. The highest BCUT2D eigenvalue weighted by Crippen LogP contribution is 2.32. The van der Waals surface area contributed by atoms with Crippen molar-refractivity contribution in [2.45, 2.75) is 39.5 Å². The van der Waals surface area contributed by atoms with Gasteiger partial charge in [-0.3, -0.25) is 4.79 Å². The summed E-state index contributed by atoms with van der Waals surface area (Å²) < 4.78 is 25.2. The molecule has 100 valence electrons. The van der Waals surface area contributed by atoms with Crippen LogP contribution in [0, 0.1) is 5.41 Å². The molecule has 6 heteroatoms. The molecule has 5 nitrogen and oxygen atoms in total. The summed E-state index contributed by atoms with van der Waals surface area (Å²) in [6.45, 7) is 4.29. The zero-order chi connectivity index (χ0) is 13.1. The first kappa shape index (κ1) is 14.4. The van der Waals surface area contributed by atoms with Gasteiger partial charge in [0.2, 0.25) is 10.0 Å². The van der Waals surface area contributed by atoms with Crippen LogP contribution in [0.25, 0.3) is 0 Å². The molecule has 0 aliphatic carbocycles. The Morgan fingerprint density at radius 2 is 1.88 bits per heavy atom. The molecule has 1 heterocycles. The maximum absolute atomic E-state index is 11.9. The molecule has 0 aromatic heterocycles. The van der Waals surface area contributed by atoms with Gasteiger partial charge in [0.05, 0.1) is 11.2 Å². The number of rotatable bonds is 5. The summed E-state index contributed by atoms with van der Waals surface area (Å²) in [5.41, 5.74) is -0.767. The zero-order valence-electron chi connectivity index (χ0n) is 10.5. The Hall–Kier alpha value is -0.620. The number of carboxylic acid groups (broad SMARTS) is 1. The van der Waals surface area contributed by atoms with Crippen molar-refractivity contribution in [1.82, 2.24) is 4.31 Å². The highest BCUT2D eigenvalue weighted by atomic mass is 32.2. The number of hydrogen-bond donors (Lipinski definition) is 1. The number of unbranched alkanes of at least 4 members (excludes halogenated alkanes) is 1. The molecule has 1 N–H and O–H groups in total. The molecule has 0 aromatic rings. The average Bonchev–Trinajstić information content (AvgIpc) is 2.27. The first-order chi connectivity index (χ1) is 7.82. The molecule has 0 atom stereocenters. The second kappa shape index (κ2) is 5.35. The average molecular weight is 263 g/mol.